The summed E-state index contributed by atoms with van der Waals surface area (Å²) in [5.41, 5.74) is -0.222. The Labute approximate surface area is 167 Å². The second-order valence-corrected chi connectivity index (χ2v) is 10.4. The van der Waals surface area contributed by atoms with Gasteiger partial charge in [0.2, 0.25) is 10.0 Å². The van der Waals surface area contributed by atoms with Gasteiger partial charge >= 0.3 is 0 Å². The lowest BCUT2D eigenvalue weighted by atomic mass is 10.0. The van der Waals surface area contributed by atoms with Gasteiger partial charge in [-0.05, 0) is 31.7 Å². The molecule has 0 amide bonds. The molecule has 0 N–H and O–H groups in total. The molecule has 2 fully saturated rings. The van der Waals surface area contributed by atoms with Crippen molar-refractivity contribution in [2.24, 2.45) is 0 Å². The fraction of sp³-hybridized carbons (Fsp3) is 0.556. The number of hydrogen-bond acceptors (Lipinski definition) is 7. The van der Waals surface area contributed by atoms with E-state index >= 15 is 0 Å². The minimum Gasteiger partial charge on any atom is -0.258 e. The molecule has 0 spiro atoms. The standard InChI is InChI=1S/C18H22N4O4S2/c23-22(24)15-8-3-9-16(11-15)28(25,26)21-10-4-7-14(12-21)18-20-19-17(27-18)13-5-1-2-6-13/h3,8-9,11,13-14H,1-2,4-7,10,12H2. The SMILES string of the molecule is O=[N+]([O-])c1cccc(S(=O)(=O)N2CCCC(c3nnc(C4CCCC4)s3)C2)c1. The van der Waals surface area contributed by atoms with Gasteiger partial charge in [-0.25, -0.2) is 8.42 Å². The third kappa shape index (κ3) is 3.81. The number of benzene rings is 1. The maximum absolute atomic E-state index is 13.0. The van der Waals surface area contributed by atoms with Gasteiger partial charge in [-0.15, -0.1) is 21.5 Å². The molecule has 1 atom stereocenters. The molecule has 4 rings (SSSR count). The fourth-order valence-corrected chi connectivity index (χ4v) is 6.72. The van der Waals surface area contributed by atoms with Crippen molar-refractivity contribution in [1.29, 1.82) is 0 Å². The molecule has 8 nitrogen and oxygen atoms in total. The summed E-state index contributed by atoms with van der Waals surface area (Å²) >= 11 is 1.62. The molecular formula is C18H22N4O4S2. The second-order valence-electron chi connectivity index (χ2n) is 7.42. The van der Waals surface area contributed by atoms with Gasteiger partial charge in [0.05, 0.1) is 9.82 Å². The highest BCUT2D eigenvalue weighted by Gasteiger charge is 2.33. The van der Waals surface area contributed by atoms with Crippen molar-refractivity contribution in [2.45, 2.75) is 55.3 Å². The molecule has 1 aliphatic carbocycles. The van der Waals surface area contributed by atoms with Crippen LogP contribution in [0.2, 0.25) is 0 Å². The average Bonchev–Trinajstić information content (AvgIpc) is 3.40. The monoisotopic (exact) mass is 422 g/mol. The zero-order valence-corrected chi connectivity index (χ0v) is 17.0. The van der Waals surface area contributed by atoms with Crippen LogP contribution in [0.15, 0.2) is 29.2 Å². The molecule has 1 aromatic carbocycles. The molecule has 150 valence electrons. The maximum atomic E-state index is 13.0. The van der Waals surface area contributed by atoms with E-state index in [1.807, 2.05) is 0 Å². The zero-order chi connectivity index (χ0) is 19.7. The number of aromatic nitrogens is 2. The molecule has 1 saturated carbocycles. The van der Waals surface area contributed by atoms with Crippen LogP contribution in [0.3, 0.4) is 0 Å². The van der Waals surface area contributed by atoms with Crippen molar-refractivity contribution in [3.63, 3.8) is 0 Å². The van der Waals surface area contributed by atoms with Gasteiger partial charge in [-0.3, -0.25) is 10.1 Å². The molecule has 1 unspecified atom stereocenters. The van der Waals surface area contributed by atoms with E-state index in [1.54, 1.807) is 11.3 Å². The first-order chi connectivity index (χ1) is 13.4. The highest BCUT2D eigenvalue weighted by molar-refractivity contribution is 7.89. The topological polar surface area (TPSA) is 106 Å². The summed E-state index contributed by atoms with van der Waals surface area (Å²) in [6.07, 6.45) is 6.40. The van der Waals surface area contributed by atoms with Crippen molar-refractivity contribution in [1.82, 2.24) is 14.5 Å². The lowest BCUT2D eigenvalue weighted by molar-refractivity contribution is -0.385. The number of nitro groups is 1. The molecule has 0 radical (unpaired) electrons. The van der Waals surface area contributed by atoms with E-state index in [0.29, 0.717) is 19.0 Å². The molecule has 2 aromatic rings. The lowest BCUT2D eigenvalue weighted by Crippen LogP contribution is -2.39. The minimum atomic E-state index is -3.78. The Morgan fingerprint density at radius 3 is 2.46 bits per heavy atom. The quantitative estimate of drug-likeness (QED) is 0.537. The highest BCUT2D eigenvalue weighted by atomic mass is 32.2. The van der Waals surface area contributed by atoms with Gasteiger partial charge in [0, 0.05) is 37.1 Å². The van der Waals surface area contributed by atoms with Gasteiger partial charge in [-0.1, -0.05) is 18.9 Å². The first-order valence-electron chi connectivity index (χ1n) is 9.53. The number of nitro benzene ring substituents is 1. The van der Waals surface area contributed by atoms with Crippen molar-refractivity contribution in [3.05, 3.63) is 44.4 Å². The van der Waals surface area contributed by atoms with Crippen molar-refractivity contribution in [3.8, 4) is 0 Å². The zero-order valence-electron chi connectivity index (χ0n) is 15.4. The molecule has 2 heterocycles. The van der Waals surface area contributed by atoms with E-state index in [0.717, 1.165) is 41.8 Å². The molecule has 28 heavy (non-hydrogen) atoms. The van der Waals surface area contributed by atoms with E-state index < -0.39 is 14.9 Å². The molecule has 2 aliphatic rings. The Bertz CT molecular complexity index is 969. The molecule has 1 aromatic heterocycles. The van der Waals surface area contributed by atoms with Crippen LogP contribution in [0.25, 0.3) is 0 Å². The van der Waals surface area contributed by atoms with Crippen LogP contribution in [-0.4, -0.2) is 40.9 Å². The molecular weight excluding hydrogens is 400 g/mol. The van der Waals surface area contributed by atoms with Crippen LogP contribution in [-0.2, 0) is 10.0 Å². The van der Waals surface area contributed by atoms with Gasteiger partial charge < -0.3 is 0 Å². The van der Waals surface area contributed by atoms with Crippen molar-refractivity contribution >= 4 is 27.0 Å². The van der Waals surface area contributed by atoms with E-state index in [-0.39, 0.29) is 16.5 Å². The van der Waals surface area contributed by atoms with Crippen LogP contribution in [0.4, 0.5) is 5.69 Å². The summed E-state index contributed by atoms with van der Waals surface area (Å²) in [5.74, 6) is 0.523. The Hall–Kier alpha value is -1.91. The Balaban J connectivity index is 1.53. The first kappa shape index (κ1) is 19.4. The van der Waals surface area contributed by atoms with Crippen LogP contribution in [0.5, 0.6) is 0 Å². The summed E-state index contributed by atoms with van der Waals surface area (Å²) < 4.78 is 27.5. The van der Waals surface area contributed by atoms with Crippen LogP contribution in [0, 0.1) is 10.1 Å². The lowest BCUT2D eigenvalue weighted by Gasteiger charge is -2.30. The van der Waals surface area contributed by atoms with Crippen LogP contribution >= 0.6 is 11.3 Å². The summed E-state index contributed by atoms with van der Waals surface area (Å²) in [5, 5.41) is 21.7. The minimum absolute atomic E-state index is 0.0230. The number of rotatable bonds is 5. The third-order valence-corrected chi connectivity index (χ3v) is 8.67. The van der Waals surface area contributed by atoms with Gasteiger partial charge in [0.25, 0.3) is 5.69 Å². The Kier molecular flexibility index (Phi) is 5.44. The number of sulfonamides is 1. The average molecular weight is 423 g/mol. The number of nitrogens with zero attached hydrogens (tertiary/aromatic N) is 4. The fourth-order valence-electron chi connectivity index (χ4n) is 4.02. The van der Waals surface area contributed by atoms with E-state index in [4.69, 9.17) is 0 Å². The summed E-state index contributed by atoms with van der Waals surface area (Å²) in [6.45, 7) is 0.750. The predicted molar refractivity (Wildman–Crippen MR) is 105 cm³/mol. The van der Waals surface area contributed by atoms with Gasteiger partial charge in [0.15, 0.2) is 0 Å². The second kappa shape index (κ2) is 7.84. The van der Waals surface area contributed by atoms with Crippen molar-refractivity contribution in [2.75, 3.05) is 13.1 Å². The van der Waals surface area contributed by atoms with E-state index in [9.17, 15) is 18.5 Å². The summed E-state index contributed by atoms with van der Waals surface area (Å²) in [4.78, 5) is 10.4. The summed E-state index contributed by atoms with van der Waals surface area (Å²) in [7, 11) is -3.78. The summed E-state index contributed by atoms with van der Waals surface area (Å²) in [6, 6.07) is 5.24. The Morgan fingerprint density at radius 1 is 1.07 bits per heavy atom. The van der Waals surface area contributed by atoms with Gasteiger partial charge in [0.1, 0.15) is 10.0 Å². The molecule has 0 bridgehead atoms. The Morgan fingerprint density at radius 2 is 1.75 bits per heavy atom. The van der Waals surface area contributed by atoms with E-state index in [2.05, 4.69) is 10.2 Å². The third-order valence-electron chi connectivity index (χ3n) is 5.56. The van der Waals surface area contributed by atoms with Crippen LogP contribution < -0.4 is 0 Å². The highest BCUT2D eigenvalue weighted by Crippen LogP contribution is 2.38. The smallest absolute Gasteiger partial charge is 0.258 e. The first-order valence-corrected chi connectivity index (χ1v) is 11.8. The largest absolute Gasteiger partial charge is 0.270 e. The molecule has 1 saturated heterocycles. The normalized spacial score (nSPS) is 21.8. The van der Waals surface area contributed by atoms with Crippen LogP contribution in [0.1, 0.15) is 60.4 Å². The van der Waals surface area contributed by atoms with Crippen molar-refractivity contribution < 1.29 is 13.3 Å². The number of hydrogen-bond donors (Lipinski definition) is 0. The predicted octanol–water partition coefficient (Wildman–Crippen LogP) is 3.67. The molecule has 1 aliphatic heterocycles. The maximum Gasteiger partial charge on any atom is 0.270 e. The van der Waals surface area contributed by atoms with Gasteiger partial charge in [-0.2, -0.15) is 4.31 Å². The number of non-ortho nitro benzene ring substituents is 1. The number of piperidine rings is 1. The molecule has 10 heteroatoms. The van der Waals surface area contributed by atoms with E-state index in [1.165, 1.54) is 35.3 Å².